The Labute approximate surface area is 699 Å². The van der Waals surface area contributed by atoms with E-state index in [1.807, 2.05) is 24.3 Å². The fourth-order valence-electron chi connectivity index (χ4n) is 20.6. The Morgan fingerprint density at radius 2 is 0.566 bits per heavy atom. The molecule has 7 heterocycles. The smallest absolute Gasteiger partial charge is 0.165 e. The molecule has 0 amide bonds. The summed E-state index contributed by atoms with van der Waals surface area (Å²) in [6.07, 6.45) is 0. The molecule has 0 radical (unpaired) electrons. The van der Waals surface area contributed by atoms with E-state index < -0.39 is 0 Å². The molecular formula is C113H71N9. The van der Waals surface area contributed by atoms with E-state index in [9.17, 15) is 0 Å². The zero-order valence-corrected chi connectivity index (χ0v) is 66.6. The SMILES string of the molecule is CC1(C)c2ccccc2-c2ccc(-c3nc4ccccc4nc3-n3c4ccccc4c4cc5ccc(-n6c7ccccc7c7cc8ccccc8cc76)cc5cc43)cc21.c1ccc(-n2c3ccccc3c3ccc(-c4nc5ccccc5nc4-n4c5ccccc5c5cc6ccc(-n7c8ccccc8c8c9ccccc9ccc87)cc6cc54)cc32)cc1. The zero-order valence-electron chi connectivity index (χ0n) is 66.6. The third kappa shape index (κ3) is 10.0. The van der Waals surface area contributed by atoms with Crippen molar-refractivity contribution in [3.05, 3.63) is 405 Å². The number of para-hydroxylation sites is 10. The number of fused-ring (bicyclic) bond motifs is 25. The van der Waals surface area contributed by atoms with Crippen molar-refractivity contribution in [2.45, 2.75) is 19.3 Å². The Balaban J connectivity index is 0.000000131. The van der Waals surface area contributed by atoms with Crippen LogP contribution in [-0.2, 0) is 5.41 Å². The normalized spacial score (nSPS) is 12.7. The van der Waals surface area contributed by atoms with Crippen LogP contribution in [0.4, 0.5) is 0 Å². The molecule has 7 aromatic heterocycles. The quantitative estimate of drug-likeness (QED) is 0.159. The minimum absolute atomic E-state index is 0.140. The Bertz CT molecular complexity index is 9020. The molecule has 9 nitrogen and oxygen atoms in total. The molecule has 1 aliphatic carbocycles. The summed E-state index contributed by atoms with van der Waals surface area (Å²) in [5.74, 6) is 1.62. The van der Waals surface area contributed by atoms with Gasteiger partial charge in [-0.05, 0) is 211 Å². The highest BCUT2D eigenvalue weighted by Gasteiger charge is 2.36. The summed E-state index contributed by atoms with van der Waals surface area (Å²) in [7, 11) is 0. The van der Waals surface area contributed by atoms with Crippen LogP contribution in [0.2, 0.25) is 0 Å². The van der Waals surface area contributed by atoms with Gasteiger partial charge in [0, 0.05) is 87.5 Å². The maximum absolute atomic E-state index is 5.52. The standard InChI is InChI=1S/C58H35N5.C55H36N4/c1-2-15-40(16-3-1)61-50-23-11-6-18-43(50)45-30-27-38(34-54(45)61)57-58(60-49-22-10-9-21-48(49)59-57)63-51-24-12-7-19-44(51)47-33-37-26-29-41(32-39(37)35-55(47)63)62-52-25-13-8-20-46(52)56-42-17-5-4-14-36(42)28-31-53(56)62;1-55(2)45-18-8-5-15-39(45)40-26-24-36(30-46(40)55)53-54(57-48-20-10-9-19-47(48)56-53)59-50-22-12-7-17-42(50)44-29-35-23-25-38(27-37(35)32-52(44)59)58-49-21-11-6-16-41(49)43-28-33-13-3-4-14-34(33)31-51(43)58/h1-35H;3-32H,1-2H3. The molecule has 122 heavy (non-hydrogen) atoms. The lowest BCUT2D eigenvalue weighted by Crippen LogP contribution is -2.15. The molecular weight excluding hydrogens is 1480 g/mol. The van der Waals surface area contributed by atoms with Gasteiger partial charge in [0.2, 0.25) is 0 Å². The highest BCUT2D eigenvalue weighted by atomic mass is 15.1. The van der Waals surface area contributed by atoms with Crippen molar-refractivity contribution in [3.63, 3.8) is 0 Å². The maximum Gasteiger partial charge on any atom is 0.165 e. The molecule has 0 bridgehead atoms. The van der Waals surface area contributed by atoms with Crippen molar-refractivity contribution < 1.29 is 0 Å². The van der Waals surface area contributed by atoms with Crippen LogP contribution < -0.4 is 0 Å². The van der Waals surface area contributed by atoms with Gasteiger partial charge in [0.15, 0.2) is 11.6 Å². The number of aromatic nitrogens is 9. The Hall–Kier alpha value is -16.1. The molecule has 0 spiro atoms. The van der Waals surface area contributed by atoms with Crippen LogP contribution >= 0.6 is 0 Å². The first-order valence-corrected chi connectivity index (χ1v) is 41.9. The van der Waals surface area contributed by atoms with Crippen molar-refractivity contribution in [3.8, 4) is 62.3 Å². The van der Waals surface area contributed by atoms with Crippen LogP contribution in [-0.4, -0.2) is 42.8 Å². The summed E-state index contributed by atoms with van der Waals surface area (Å²) < 4.78 is 11.9. The summed E-state index contributed by atoms with van der Waals surface area (Å²) in [6, 6.07) is 143. The second-order valence-corrected chi connectivity index (χ2v) is 33.2. The highest BCUT2D eigenvalue weighted by molar-refractivity contribution is 6.23. The van der Waals surface area contributed by atoms with E-state index in [1.54, 1.807) is 0 Å². The van der Waals surface area contributed by atoms with Gasteiger partial charge in [0.25, 0.3) is 0 Å². The molecule has 0 N–H and O–H groups in total. The van der Waals surface area contributed by atoms with Crippen LogP contribution in [0.1, 0.15) is 25.0 Å². The summed E-state index contributed by atoms with van der Waals surface area (Å²) >= 11 is 0. The van der Waals surface area contributed by atoms with Crippen molar-refractivity contribution >= 4 is 174 Å². The highest BCUT2D eigenvalue weighted by Crippen LogP contribution is 2.51. The predicted molar refractivity (Wildman–Crippen MR) is 509 cm³/mol. The van der Waals surface area contributed by atoms with Gasteiger partial charge in [-0.2, -0.15) is 0 Å². The van der Waals surface area contributed by atoms with Crippen molar-refractivity contribution in [2.24, 2.45) is 0 Å². The summed E-state index contributed by atoms with van der Waals surface area (Å²) in [5.41, 5.74) is 27.2. The molecule has 0 fully saturated rings. The summed E-state index contributed by atoms with van der Waals surface area (Å²) in [6.45, 7) is 4.67. The van der Waals surface area contributed by atoms with Crippen LogP contribution in [0, 0.1) is 0 Å². The minimum Gasteiger partial charge on any atom is -0.309 e. The zero-order chi connectivity index (χ0) is 80.2. The fraction of sp³-hybridized carbons (Fsp3) is 0.0265. The van der Waals surface area contributed by atoms with Crippen LogP contribution in [0.3, 0.4) is 0 Å². The number of hydrogen-bond donors (Lipinski definition) is 0. The summed E-state index contributed by atoms with van der Waals surface area (Å²) in [4.78, 5) is 21.9. The number of benzene rings is 19. The van der Waals surface area contributed by atoms with Gasteiger partial charge in [0.05, 0.1) is 77.2 Å². The van der Waals surface area contributed by atoms with E-state index in [0.29, 0.717) is 0 Å². The first kappa shape index (κ1) is 68.0. The molecule has 0 saturated heterocycles. The summed E-state index contributed by atoms with van der Waals surface area (Å²) in [5, 5.41) is 21.9. The van der Waals surface area contributed by atoms with Gasteiger partial charge in [0.1, 0.15) is 11.4 Å². The van der Waals surface area contributed by atoms with Gasteiger partial charge in [-0.3, -0.25) is 9.13 Å². The first-order valence-electron chi connectivity index (χ1n) is 41.9. The Kier molecular flexibility index (Phi) is 14.5. The van der Waals surface area contributed by atoms with E-state index >= 15 is 0 Å². The van der Waals surface area contributed by atoms with Crippen LogP contribution in [0.15, 0.2) is 394 Å². The molecule has 19 aromatic carbocycles. The number of rotatable bonds is 7. The molecule has 26 aromatic rings. The minimum atomic E-state index is -0.140. The topological polar surface area (TPSA) is 76.2 Å². The predicted octanol–water partition coefficient (Wildman–Crippen LogP) is 29.0. The first-order chi connectivity index (χ1) is 60.2. The van der Waals surface area contributed by atoms with E-state index in [2.05, 4.69) is 407 Å². The Morgan fingerprint density at radius 3 is 1.14 bits per heavy atom. The molecule has 0 atom stereocenters. The third-order valence-corrected chi connectivity index (χ3v) is 26.2. The van der Waals surface area contributed by atoms with Gasteiger partial charge in [-0.1, -0.05) is 263 Å². The lowest BCUT2D eigenvalue weighted by Gasteiger charge is -2.22. The average molecular weight is 1550 g/mol. The molecule has 9 heteroatoms. The molecule has 1 aliphatic rings. The monoisotopic (exact) mass is 1550 g/mol. The maximum atomic E-state index is 5.52. The van der Waals surface area contributed by atoms with Gasteiger partial charge in [-0.15, -0.1) is 0 Å². The van der Waals surface area contributed by atoms with Gasteiger partial charge in [-0.25, -0.2) is 19.9 Å². The van der Waals surface area contributed by atoms with E-state index in [1.165, 1.54) is 136 Å². The molecule has 27 rings (SSSR count). The number of hydrogen-bond acceptors (Lipinski definition) is 4. The van der Waals surface area contributed by atoms with Gasteiger partial charge < -0.3 is 13.7 Å². The third-order valence-electron chi connectivity index (χ3n) is 26.2. The van der Waals surface area contributed by atoms with Crippen molar-refractivity contribution in [2.75, 3.05) is 0 Å². The number of nitrogens with zero attached hydrogens (tertiary/aromatic N) is 9. The largest absolute Gasteiger partial charge is 0.309 e. The van der Waals surface area contributed by atoms with Crippen molar-refractivity contribution in [1.82, 2.24) is 42.8 Å². The van der Waals surface area contributed by atoms with Crippen LogP contribution in [0.5, 0.6) is 0 Å². The molecule has 0 aliphatic heterocycles. The second kappa shape index (κ2) is 25.9. The van der Waals surface area contributed by atoms with Crippen molar-refractivity contribution in [1.29, 1.82) is 0 Å². The molecule has 0 saturated carbocycles. The molecule has 568 valence electrons. The Morgan fingerprint density at radius 1 is 0.197 bits per heavy atom. The van der Waals surface area contributed by atoms with E-state index in [-0.39, 0.29) is 5.41 Å². The lowest BCUT2D eigenvalue weighted by atomic mass is 9.82. The fourth-order valence-corrected chi connectivity index (χ4v) is 20.6. The lowest BCUT2D eigenvalue weighted by molar-refractivity contribution is 0.660. The van der Waals surface area contributed by atoms with E-state index in [4.69, 9.17) is 19.9 Å². The second-order valence-electron chi connectivity index (χ2n) is 33.2. The van der Waals surface area contributed by atoms with Gasteiger partial charge >= 0.3 is 0 Å². The average Bonchev–Trinajstić information content (AvgIpc) is 1.57. The molecule has 0 unspecified atom stereocenters. The van der Waals surface area contributed by atoms with E-state index in [0.717, 1.165) is 112 Å². The van der Waals surface area contributed by atoms with Crippen LogP contribution in [0.25, 0.3) is 237 Å².